The number of hydrogen-bond donors (Lipinski definition) is 0. The maximum absolute atomic E-state index is 10.7. The Balaban J connectivity index is -0.000000210. The molecule has 0 aromatic rings. The van der Waals surface area contributed by atoms with Crippen LogP contribution < -0.4 is 0 Å². The molecule has 9 heteroatoms. The smallest absolute Gasteiger partial charge is 0 e. The third-order valence-electron chi connectivity index (χ3n) is 3.76. The first kappa shape index (κ1) is 30.5. The summed E-state index contributed by atoms with van der Waals surface area (Å²) in [6.07, 6.45) is 16.7. The van der Waals surface area contributed by atoms with E-state index in [1.54, 1.807) is 18.5 Å². The average Bonchev–Trinajstić information content (AvgIpc) is 2.37. The second kappa shape index (κ2) is 12.3. The number of rotatable bonds is 11. The Morgan fingerprint density at radius 3 is 1.21 bits per heavy atom. The molecule has 0 atom stereocenters. The van der Waals surface area contributed by atoms with Crippen LogP contribution in [0, 0.1) is 49.4 Å². The van der Waals surface area contributed by atoms with E-state index in [0.717, 1.165) is 0 Å². The number of hydrogen-bond acceptors (Lipinski definition) is 0. The fraction of sp³-hybridized carbons (Fsp3) is 0.867. The molecule has 0 aliphatic carbocycles. The van der Waals surface area contributed by atoms with Crippen LogP contribution in [-0.2, 0) is 0 Å². The van der Waals surface area contributed by atoms with Crippen LogP contribution in [0.3, 0.4) is 0 Å². The fourth-order valence-electron chi connectivity index (χ4n) is 2.64. The van der Waals surface area contributed by atoms with E-state index in [2.05, 4.69) is 33.4 Å². The standard InChI is InChI=1S/C15H33P.Eu.F6P/c1-5-9-13-16(12-8-4,14-10-6-2)15-11-7-3;;1-7(2,3,4,5)6/h8,16H,4-7,9-15H2,1-3H3;;/q;;-1/p+1. The van der Waals surface area contributed by atoms with E-state index in [-0.39, 0.29) is 50.8 Å². The van der Waals surface area contributed by atoms with Gasteiger partial charge in [0.1, 0.15) is 0 Å². The van der Waals surface area contributed by atoms with Gasteiger partial charge in [0.05, 0.1) is 0 Å². The number of unbranched alkanes of at least 4 members (excludes halogenated alkanes) is 3. The Kier molecular flexibility index (Phi) is 15.6. The molecular weight excluding hydrogens is 508 g/mol. The molecule has 0 aromatic carbocycles. The van der Waals surface area contributed by atoms with E-state index in [0.29, 0.717) is 0 Å². The zero-order valence-electron chi connectivity index (χ0n) is 15.9. The van der Waals surface area contributed by atoms with Crippen molar-refractivity contribution >= 4 is 15.1 Å². The molecule has 0 heterocycles. The Morgan fingerprint density at radius 2 is 1.04 bits per heavy atom. The van der Waals surface area contributed by atoms with Crippen LogP contribution in [0.4, 0.5) is 25.2 Å². The van der Waals surface area contributed by atoms with Crippen LogP contribution in [0.2, 0.25) is 0 Å². The second-order valence-corrected chi connectivity index (χ2v) is 13.1. The van der Waals surface area contributed by atoms with Crippen molar-refractivity contribution in [2.75, 3.05) is 24.6 Å². The summed E-state index contributed by atoms with van der Waals surface area (Å²) in [6, 6.07) is 0. The van der Waals surface area contributed by atoms with Gasteiger partial charge in [-0.2, -0.15) is 0 Å². The second-order valence-electron chi connectivity index (χ2n) is 6.26. The van der Waals surface area contributed by atoms with Gasteiger partial charge in [0, 0.05) is 49.4 Å². The molecule has 0 aromatic heterocycles. The van der Waals surface area contributed by atoms with Gasteiger partial charge in [-0.15, -0.1) is 0 Å². The quantitative estimate of drug-likeness (QED) is 0.139. The van der Waals surface area contributed by atoms with Crippen molar-refractivity contribution < 1.29 is 76.0 Å². The topological polar surface area (TPSA) is 0 Å². The third-order valence-corrected chi connectivity index (χ3v) is 9.16. The van der Waals surface area contributed by atoms with E-state index in [4.69, 9.17) is 0 Å². The molecule has 0 N–H and O–H groups in total. The number of halogens is 6. The van der Waals surface area contributed by atoms with Crippen LogP contribution in [0.1, 0.15) is 60.7 Å². The first-order valence-electron chi connectivity index (χ1n) is 8.37. The minimum Gasteiger partial charge on any atom is 0 e. The minimum absolute atomic E-state index is 0. The molecule has 0 rings (SSSR count). The van der Waals surface area contributed by atoms with Gasteiger partial charge in [0.25, 0.3) is 0 Å². The summed E-state index contributed by atoms with van der Waals surface area (Å²) in [7, 11) is -11.6. The molecule has 0 saturated heterocycles. The molecule has 0 nitrogen and oxygen atoms in total. The van der Waals surface area contributed by atoms with Gasteiger partial charge in [-0.1, -0.05) is 0 Å². The van der Waals surface area contributed by atoms with Crippen molar-refractivity contribution in [1.29, 1.82) is 0 Å². The molecule has 0 bridgehead atoms. The van der Waals surface area contributed by atoms with E-state index in [1.807, 2.05) is 0 Å². The van der Waals surface area contributed by atoms with Gasteiger partial charge < -0.3 is 0 Å². The maximum atomic E-state index is 9.87. The summed E-state index contributed by atoms with van der Waals surface area (Å²) in [5, 5.41) is 0. The minimum atomic E-state index is -10.7. The summed E-state index contributed by atoms with van der Waals surface area (Å²) in [5.74, 6) is 0. The van der Waals surface area contributed by atoms with E-state index in [9.17, 15) is 25.2 Å². The summed E-state index contributed by atoms with van der Waals surface area (Å²) in [4.78, 5) is 0. The van der Waals surface area contributed by atoms with Gasteiger partial charge in [-0.05, 0) is 0 Å². The van der Waals surface area contributed by atoms with Crippen LogP contribution in [-0.4, -0.2) is 24.6 Å². The summed E-state index contributed by atoms with van der Waals surface area (Å²) in [5.41, 5.74) is 0. The van der Waals surface area contributed by atoms with Gasteiger partial charge >= 0.3 is 138 Å². The van der Waals surface area contributed by atoms with Crippen LogP contribution in [0.5, 0.6) is 0 Å². The van der Waals surface area contributed by atoms with E-state index < -0.39 is 15.1 Å². The first-order valence-corrected chi connectivity index (χ1v) is 13.2. The van der Waals surface area contributed by atoms with Crippen LogP contribution in [0.25, 0.3) is 0 Å². The molecule has 0 fully saturated rings. The molecule has 0 amide bonds. The summed E-state index contributed by atoms with van der Waals surface area (Å²) >= 11 is 0. The molecule has 0 unspecified atom stereocenters. The first-order chi connectivity index (χ1) is 10.2. The average molecular weight is 542 g/mol. The predicted molar refractivity (Wildman–Crippen MR) is 97.4 cm³/mol. The van der Waals surface area contributed by atoms with Crippen LogP contribution >= 0.6 is 15.1 Å². The summed E-state index contributed by atoms with van der Waals surface area (Å²) < 4.78 is 59.2. The normalized spacial score (nSPS) is 15.2. The van der Waals surface area contributed by atoms with Crippen molar-refractivity contribution in [1.82, 2.24) is 0 Å². The Morgan fingerprint density at radius 1 is 0.792 bits per heavy atom. The molecule has 0 aliphatic rings. The van der Waals surface area contributed by atoms with Gasteiger partial charge in [0.2, 0.25) is 0 Å². The fourth-order valence-corrected chi connectivity index (χ4v) is 7.93. The SMILES string of the molecule is C=CC[PH](CCCC)(CCCC)CCCC.F[P-](F)(F)(F)(F)F.[Eu].[H+]. The molecule has 0 saturated carbocycles. The maximum Gasteiger partial charge on any atom is 1.00 e. The van der Waals surface area contributed by atoms with Crippen LogP contribution in [0.15, 0.2) is 12.7 Å². The van der Waals surface area contributed by atoms with Crippen molar-refractivity contribution in [3.8, 4) is 0 Å². The molecule has 0 spiro atoms. The van der Waals surface area contributed by atoms with Gasteiger partial charge in [-0.25, -0.2) is 0 Å². The van der Waals surface area contributed by atoms with Crippen molar-refractivity contribution in [2.45, 2.75) is 59.3 Å². The third kappa shape index (κ3) is 28.6. The van der Waals surface area contributed by atoms with Crippen molar-refractivity contribution in [2.24, 2.45) is 0 Å². The monoisotopic (exact) mass is 543 g/mol. The Labute approximate surface area is 186 Å². The van der Waals surface area contributed by atoms with Crippen molar-refractivity contribution in [3.63, 3.8) is 0 Å². The Bertz CT molecular complexity index is 302. The zero-order valence-corrected chi connectivity index (χ0v) is 19.3. The zero-order chi connectivity index (χ0) is 18.7. The van der Waals surface area contributed by atoms with E-state index in [1.165, 1.54) is 44.7 Å². The number of allylic oxidation sites excluding steroid dienone is 1. The predicted octanol–water partition coefficient (Wildman–Crippen LogP) is 8.82. The molecule has 153 valence electrons. The van der Waals surface area contributed by atoms with E-state index >= 15 is 0 Å². The van der Waals surface area contributed by atoms with Gasteiger partial charge in [-0.3, -0.25) is 0 Å². The molecular formula is C15H34EuF6P2. The summed E-state index contributed by atoms with van der Waals surface area (Å²) in [6.45, 7) is 11.0. The largest absolute Gasteiger partial charge is 1.00 e. The molecule has 0 aliphatic heterocycles. The molecule has 24 heavy (non-hydrogen) atoms. The Hall–Kier alpha value is 1.76. The van der Waals surface area contributed by atoms with Gasteiger partial charge in [0.15, 0.2) is 0 Å². The molecule has 1 radical (unpaired) electrons. The van der Waals surface area contributed by atoms with Crippen molar-refractivity contribution in [3.05, 3.63) is 12.7 Å².